The molecule has 3 N–H and O–H groups in total. The van der Waals surface area contributed by atoms with Gasteiger partial charge in [-0.3, -0.25) is 4.72 Å². The smallest absolute Gasteiger partial charge is 0.264 e. The fourth-order valence-electron chi connectivity index (χ4n) is 1.64. The summed E-state index contributed by atoms with van der Waals surface area (Å²) in [7, 11) is -4.31. The van der Waals surface area contributed by atoms with Gasteiger partial charge in [0.2, 0.25) is 0 Å². The van der Waals surface area contributed by atoms with E-state index in [9.17, 15) is 21.6 Å². The zero-order valence-electron chi connectivity index (χ0n) is 10.8. The van der Waals surface area contributed by atoms with Crippen molar-refractivity contribution < 1.29 is 21.6 Å². The van der Waals surface area contributed by atoms with Crippen molar-refractivity contribution in [1.29, 1.82) is 0 Å². The van der Waals surface area contributed by atoms with Gasteiger partial charge < -0.3 is 5.73 Å². The number of nitrogen functional groups attached to an aromatic ring is 1. The number of nitrogens with two attached hydrogens (primary N) is 1. The molecule has 0 radical (unpaired) electrons. The van der Waals surface area contributed by atoms with Gasteiger partial charge in [-0.15, -0.1) is 0 Å². The Labute approximate surface area is 119 Å². The number of hydrogen-bond donors (Lipinski definition) is 2. The zero-order chi connectivity index (χ0) is 15.8. The molecule has 0 saturated heterocycles. The highest BCUT2D eigenvalue weighted by molar-refractivity contribution is 7.92. The van der Waals surface area contributed by atoms with Crippen molar-refractivity contribution in [1.82, 2.24) is 0 Å². The lowest BCUT2D eigenvalue weighted by Gasteiger charge is -2.11. The van der Waals surface area contributed by atoms with Crippen LogP contribution >= 0.6 is 0 Å². The van der Waals surface area contributed by atoms with Crippen molar-refractivity contribution in [2.24, 2.45) is 0 Å². The van der Waals surface area contributed by atoms with E-state index in [-0.39, 0.29) is 11.4 Å². The molecule has 0 unspecified atom stereocenters. The van der Waals surface area contributed by atoms with Crippen molar-refractivity contribution in [3.05, 3.63) is 53.3 Å². The number of hydrogen-bond acceptors (Lipinski definition) is 3. The summed E-state index contributed by atoms with van der Waals surface area (Å²) < 4.78 is 65.7. The van der Waals surface area contributed by atoms with Crippen LogP contribution in [0.4, 0.5) is 24.5 Å². The zero-order valence-corrected chi connectivity index (χ0v) is 11.6. The highest BCUT2D eigenvalue weighted by Crippen LogP contribution is 2.24. The van der Waals surface area contributed by atoms with Gasteiger partial charge in [0, 0.05) is 11.8 Å². The van der Waals surface area contributed by atoms with Crippen molar-refractivity contribution in [3.63, 3.8) is 0 Å². The molecule has 0 fully saturated rings. The maximum atomic E-state index is 13.8. The first-order chi connectivity index (χ1) is 9.70. The molecule has 0 saturated carbocycles. The van der Waals surface area contributed by atoms with Gasteiger partial charge in [-0.2, -0.15) is 0 Å². The Morgan fingerprint density at radius 1 is 1.00 bits per heavy atom. The van der Waals surface area contributed by atoms with E-state index in [0.717, 1.165) is 24.3 Å². The van der Waals surface area contributed by atoms with E-state index in [1.807, 2.05) is 4.72 Å². The predicted molar refractivity (Wildman–Crippen MR) is 72.7 cm³/mol. The van der Waals surface area contributed by atoms with Gasteiger partial charge in [0.25, 0.3) is 10.0 Å². The minimum atomic E-state index is -4.31. The molecule has 2 rings (SSSR count). The standard InChI is InChI=1S/C13H11F3N2O2S/c1-7-4-11(16)13(6-12(7)17)21(19,20)18-8-2-3-9(14)10(15)5-8/h2-6,18H,17H2,1H3. The first kappa shape index (κ1) is 15.2. The molecule has 2 aromatic rings. The number of anilines is 2. The molecule has 0 aliphatic heterocycles. The predicted octanol–water partition coefficient (Wildman–Crippen LogP) is 2.80. The normalized spacial score (nSPS) is 11.4. The highest BCUT2D eigenvalue weighted by Gasteiger charge is 2.21. The van der Waals surface area contributed by atoms with E-state index in [0.29, 0.717) is 11.6 Å². The molecule has 0 bridgehead atoms. The summed E-state index contributed by atoms with van der Waals surface area (Å²) in [6.45, 7) is 1.53. The van der Waals surface area contributed by atoms with Crippen LogP contribution in [0.5, 0.6) is 0 Å². The summed E-state index contributed by atoms with van der Waals surface area (Å²) in [5, 5.41) is 0. The second kappa shape index (κ2) is 5.28. The third kappa shape index (κ3) is 3.10. The first-order valence-corrected chi connectivity index (χ1v) is 7.22. The second-order valence-corrected chi connectivity index (χ2v) is 6.02. The molecule has 112 valence electrons. The van der Waals surface area contributed by atoms with E-state index < -0.39 is 32.4 Å². The summed E-state index contributed by atoms with van der Waals surface area (Å²) in [5.74, 6) is -3.33. The SMILES string of the molecule is Cc1cc(F)c(S(=O)(=O)Nc2ccc(F)c(F)c2)cc1N. The maximum Gasteiger partial charge on any atom is 0.264 e. The van der Waals surface area contributed by atoms with Crippen LogP contribution in [0.25, 0.3) is 0 Å². The number of aryl methyl sites for hydroxylation is 1. The van der Waals surface area contributed by atoms with E-state index >= 15 is 0 Å². The van der Waals surface area contributed by atoms with Crippen molar-refractivity contribution >= 4 is 21.4 Å². The van der Waals surface area contributed by atoms with Crippen LogP contribution in [-0.4, -0.2) is 8.42 Å². The Bertz CT molecular complexity index is 807. The van der Waals surface area contributed by atoms with Gasteiger partial charge in [-0.05, 0) is 36.8 Å². The number of rotatable bonds is 3. The Morgan fingerprint density at radius 2 is 1.67 bits per heavy atom. The molecule has 2 aromatic carbocycles. The van der Waals surface area contributed by atoms with Crippen molar-refractivity contribution in [3.8, 4) is 0 Å². The number of nitrogens with one attached hydrogen (secondary N) is 1. The van der Waals surface area contributed by atoms with Gasteiger partial charge >= 0.3 is 0 Å². The van der Waals surface area contributed by atoms with E-state index in [2.05, 4.69) is 0 Å². The van der Waals surface area contributed by atoms with Crippen LogP contribution in [0.2, 0.25) is 0 Å². The molecule has 8 heteroatoms. The summed E-state index contributed by atoms with van der Waals surface area (Å²) in [6.07, 6.45) is 0. The third-order valence-electron chi connectivity index (χ3n) is 2.78. The average molecular weight is 316 g/mol. The molecular formula is C13H11F3N2O2S. The summed E-state index contributed by atoms with van der Waals surface area (Å²) in [5.41, 5.74) is 5.81. The average Bonchev–Trinajstić information content (AvgIpc) is 2.37. The first-order valence-electron chi connectivity index (χ1n) is 5.74. The summed E-state index contributed by atoms with van der Waals surface area (Å²) in [6, 6.07) is 4.38. The van der Waals surface area contributed by atoms with E-state index in [4.69, 9.17) is 5.73 Å². The largest absolute Gasteiger partial charge is 0.398 e. The van der Waals surface area contributed by atoms with Crippen LogP contribution < -0.4 is 10.5 Å². The Morgan fingerprint density at radius 3 is 2.29 bits per heavy atom. The van der Waals surface area contributed by atoms with Gasteiger partial charge in [-0.1, -0.05) is 0 Å². The topological polar surface area (TPSA) is 72.2 Å². The molecule has 0 heterocycles. The van der Waals surface area contributed by atoms with Gasteiger partial charge in [0.15, 0.2) is 11.6 Å². The van der Waals surface area contributed by atoms with Crippen LogP contribution in [-0.2, 0) is 10.0 Å². The van der Waals surface area contributed by atoms with Gasteiger partial charge in [0.1, 0.15) is 10.7 Å². The van der Waals surface area contributed by atoms with Crippen molar-refractivity contribution in [2.45, 2.75) is 11.8 Å². The van der Waals surface area contributed by atoms with Crippen LogP contribution in [0, 0.1) is 24.4 Å². The van der Waals surface area contributed by atoms with E-state index in [1.54, 1.807) is 0 Å². The van der Waals surface area contributed by atoms with Gasteiger partial charge in [0.05, 0.1) is 5.69 Å². The number of benzene rings is 2. The molecule has 0 spiro atoms. The summed E-state index contributed by atoms with van der Waals surface area (Å²) in [4.78, 5) is -0.671. The number of sulfonamides is 1. The molecular weight excluding hydrogens is 305 g/mol. The van der Waals surface area contributed by atoms with Crippen LogP contribution in [0.3, 0.4) is 0 Å². The minimum Gasteiger partial charge on any atom is -0.398 e. The molecule has 0 atom stereocenters. The minimum absolute atomic E-state index is 0.0991. The Kier molecular flexibility index (Phi) is 3.82. The third-order valence-corrected chi connectivity index (χ3v) is 4.18. The number of halogens is 3. The van der Waals surface area contributed by atoms with Crippen molar-refractivity contribution in [2.75, 3.05) is 10.5 Å². The lowest BCUT2D eigenvalue weighted by atomic mass is 10.2. The summed E-state index contributed by atoms with van der Waals surface area (Å²) >= 11 is 0. The van der Waals surface area contributed by atoms with Gasteiger partial charge in [-0.25, -0.2) is 21.6 Å². The quantitative estimate of drug-likeness (QED) is 0.855. The molecule has 0 aliphatic carbocycles. The highest BCUT2D eigenvalue weighted by atomic mass is 32.2. The molecule has 4 nitrogen and oxygen atoms in total. The Balaban J connectivity index is 2.43. The second-order valence-electron chi connectivity index (χ2n) is 4.37. The fourth-order valence-corrected chi connectivity index (χ4v) is 2.79. The van der Waals surface area contributed by atoms with Crippen LogP contribution in [0.15, 0.2) is 35.2 Å². The molecule has 21 heavy (non-hydrogen) atoms. The molecule has 0 aromatic heterocycles. The van der Waals surface area contributed by atoms with E-state index in [1.165, 1.54) is 6.92 Å². The van der Waals surface area contributed by atoms with Crippen LogP contribution in [0.1, 0.15) is 5.56 Å². The molecule has 0 amide bonds. The molecule has 0 aliphatic rings. The lowest BCUT2D eigenvalue weighted by Crippen LogP contribution is -2.15. The Hall–Kier alpha value is -2.22. The maximum absolute atomic E-state index is 13.8. The fraction of sp³-hybridized carbons (Fsp3) is 0.0769. The lowest BCUT2D eigenvalue weighted by molar-refractivity contribution is 0.509. The monoisotopic (exact) mass is 316 g/mol.